The molecule has 0 aliphatic carbocycles. The average molecular weight is 261 g/mol. The molecule has 3 heteroatoms. The zero-order valence-corrected chi connectivity index (χ0v) is 11.7. The largest absolute Gasteiger partial charge is 0.459 e. The van der Waals surface area contributed by atoms with Crippen molar-refractivity contribution >= 4 is 22.7 Å². The third-order valence-corrected chi connectivity index (χ3v) is 4.93. The molecule has 0 radical (unpaired) electrons. The second-order valence-electron chi connectivity index (χ2n) is 5.08. The Hall–Kier alpha value is -0.930. The molecule has 0 amide bonds. The minimum absolute atomic E-state index is 0.354. The van der Waals surface area contributed by atoms with Crippen LogP contribution in [0.1, 0.15) is 23.8 Å². The maximum Gasteiger partial charge on any atom is 0.134 e. The highest BCUT2D eigenvalue weighted by Crippen LogP contribution is 2.36. The van der Waals surface area contributed by atoms with Gasteiger partial charge in [0.2, 0.25) is 0 Å². The fourth-order valence-corrected chi connectivity index (χ4v) is 4.06. The Morgan fingerprint density at radius 1 is 1.39 bits per heavy atom. The summed E-state index contributed by atoms with van der Waals surface area (Å²) in [6, 6.07) is 8.93. The summed E-state index contributed by atoms with van der Waals surface area (Å²) in [5, 5.41) is 4.65. The molecule has 1 saturated heterocycles. The predicted octanol–water partition coefficient (Wildman–Crippen LogP) is 3.75. The predicted molar refractivity (Wildman–Crippen MR) is 78.2 cm³/mol. The molecule has 3 rings (SSSR count). The van der Waals surface area contributed by atoms with Crippen molar-refractivity contribution in [3.63, 3.8) is 0 Å². The number of aryl methyl sites for hydroxylation is 1. The molecule has 2 unspecified atom stereocenters. The second-order valence-corrected chi connectivity index (χ2v) is 6.23. The number of hydrogen-bond acceptors (Lipinski definition) is 3. The van der Waals surface area contributed by atoms with E-state index >= 15 is 0 Å². The highest BCUT2D eigenvalue weighted by Gasteiger charge is 2.27. The van der Waals surface area contributed by atoms with Gasteiger partial charge in [-0.2, -0.15) is 11.8 Å². The first-order chi connectivity index (χ1) is 8.78. The van der Waals surface area contributed by atoms with Gasteiger partial charge in [-0.3, -0.25) is 0 Å². The highest BCUT2D eigenvalue weighted by molar-refractivity contribution is 7.99. The molecule has 1 fully saturated rings. The third kappa shape index (κ3) is 2.17. The number of nitrogens with one attached hydrogen (secondary N) is 1. The molecule has 2 heterocycles. The molecule has 0 saturated carbocycles. The van der Waals surface area contributed by atoms with Gasteiger partial charge >= 0.3 is 0 Å². The van der Waals surface area contributed by atoms with Crippen LogP contribution in [0.3, 0.4) is 0 Å². The Labute approximate surface area is 112 Å². The molecular weight excluding hydrogens is 242 g/mol. The summed E-state index contributed by atoms with van der Waals surface area (Å²) in [4.78, 5) is 0. The van der Waals surface area contributed by atoms with Crippen molar-refractivity contribution in [2.75, 3.05) is 18.6 Å². The summed E-state index contributed by atoms with van der Waals surface area (Å²) < 4.78 is 6.02. The third-order valence-electron chi connectivity index (χ3n) is 3.74. The summed E-state index contributed by atoms with van der Waals surface area (Å²) >= 11 is 2.05. The molecule has 1 aliphatic rings. The Balaban J connectivity index is 1.96. The van der Waals surface area contributed by atoms with Crippen LogP contribution in [0.15, 0.2) is 28.7 Å². The van der Waals surface area contributed by atoms with Gasteiger partial charge in [0, 0.05) is 5.39 Å². The van der Waals surface area contributed by atoms with E-state index in [0.29, 0.717) is 12.0 Å². The quantitative estimate of drug-likeness (QED) is 0.911. The van der Waals surface area contributed by atoms with Crippen molar-refractivity contribution < 1.29 is 4.42 Å². The molecule has 0 bridgehead atoms. The Bertz CT molecular complexity index is 542. The molecule has 96 valence electrons. The summed E-state index contributed by atoms with van der Waals surface area (Å²) in [7, 11) is 2.03. The number of furan rings is 1. The van der Waals surface area contributed by atoms with Crippen LogP contribution in [0.4, 0.5) is 0 Å². The van der Waals surface area contributed by atoms with E-state index in [0.717, 1.165) is 11.3 Å². The van der Waals surface area contributed by atoms with E-state index < -0.39 is 0 Å². The lowest BCUT2D eigenvalue weighted by Crippen LogP contribution is -2.24. The summed E-state index contributed by atoms with van der Waals surface area (Å²) in [6.07, 6.45) is 1.28. The molecule has 2 atom stereocenters. The van der Waals surface area contributed by atoms with Crippen molar-refractivity contribution in [3.05, 3.63) is 35.6 Å². The van der Waals surface area contributed by atoms with Gasteiger partial charge in [0.1, 0.15) is 11.3 Å². The van der Waals surface area contributed by atoms with E-state index in [1.165, 1.54) is 28.9 Å². The number of rotatable bonds is 3. The van der Waals surface area contributed by atoms with E-state index in [1.54, 1.807) is 0 Å². The normalized spacial score (nSPS) is 21.6. The first kappa shape index (κ1) is 12.1. The van der Waals surface area contributed by atoms with Crippen LogP contribution in [0.2, 0.25) is 0 Å². The SMILES string of the molecule is CNC(c1cc2cc(C)ccc2o1)C1CCSC1. The molecule has 2 nitrogen and oxygen atoms in total. The average Bonchev–Trinajstić information content (AvgIpc) is 2.98. The van der Waals surface area contributed by atoms with Gasteiger partial charge in [0.15, 0.2) is 0 Å². The maximum atomic E-state index is 6.02. The first-order valence-electron chi connectivity index (χ1n) is 6.53. The number of thioether (sulfide) groups is 1. The molecule has 2 aromatic rings. The van der Waals surface area contributed by atoms with E-state index in [4.69, 9.17) is 4.42 Å². The molecule has 1 aromatic carbocycles. The second kappa shape index (κ2) is 4.98. The van der Waals surface area contributed by atoms with E-state index in [9.17, 15) is 0 Å². The zero-order valence-electron chi connectivity index (χ0n) is 10.9. The van der Waals surface area contributed by atoms with Gasteiger partial charge in [0.05, 0.1) is 6.04 Å². The van der Waals surface area contributed by atoms with Crippen LogP contribution >= 0.6 is 11.8 Å². The van der Waals surface area contributed by atoms with Gasteiger partial charge in [-0.25, -0.2) is 0 Å². The van der Waals surface area contributed by atoms with Gasteiger partial charge in [-0.05, 0) is 56.0 Å². The van der Waals surface area contributed by atoms with Crippen molar-refractivity contribution in [1.29, 1.82) is 0 Å². The number of fused-ring (bicyclic) bond motifs is 1. The fraction of sp³-hybridized carbons (Fsp3) is 0.467. The first-order valence-corrected chi connectivity index (χ1v) is 7.68. The molecule has 1 aromatic heterocycles. The summed E-state index contributed by atoms with van der Waals surface area (Å²) in [5.41, 5.74) is 2.29. The van der Waals surface area contributed by atoms with Crippen LogP contribution in [0, 0.1) is 12.8 Å². The lowest BCUT2D eigenvalue weighted by atomic mass is 9.97. The van der Waals surface area contributed by atoms with Crippen LogP contribution in [0.5, 0.6) is 0 Å². The van der Waals surface area contributed by atoms with E-state index in [-0.39, 0.29) is 0 Å². The van der Waals surface area contributed by atoms with Crippen LogP contribution in [-0.4, -0.2) is 18.6 Å². The molecular formula is C15H19NOS. The molecule has 1 N–H and O–H groups in total. The zero-order chi connectivity index (χ0) is 12.5. The summed E-state index contributed by atoms with van der Waals surface area (Å²) in [6.45, 7) is 2.12. The standard InChI is InChI=1S/C15H19NOS/c1-10-3-4-13-12(7-10)8-14(17-13)15(16-2)11-5-6-18-9-11/h3-4,7-8,11,15-16H,5-6,9H2,1-2H3. The Morgan fingerprint density at radius 3 is 3.00 bits per heavy atom. The van der Waals surface area contributed by atoms with Crippen molar-refractivity contribution in [3.8, 4) is 0 Å². The minimum atomic E-state index is 0.354. The monoisotopic (exact) mass is 261 g/mol. The Morgan fingerprint density at radius 2 is 2.28 bits per heavy atom. The number of benzene rings is 1. The van der Waals surface area contributed by atoms with Crippen molar-refractivity contribution in [2.24, 2.45) is 5.92 Å². The van der Waals surface area contributed by atoms with Crippen molar-refractivity contribution in [2.45, 2.75) is 19.4 Å². The summed E-state index contributed by atoms with van der Waals surface area (Å²) in [5.74, 6) is 4.30. The van der Waals surface area contributed by atoms with Crippen LogP contribution in [0.25, 0.3) is 11.0 Å². The van der Waals surface area contributed by atoms with E-state index in [1.807, 2.05) is 18.8 Å². The van der Waals surface area contributed by atoms with Gasteiger partial charge in [0.25, 0.3) is 0 Å². The topological polar surface area (TPSA) is 25.2 Å². The van der Waals surface area contributed by atoms with Gasteiger partial charge < -0.3 is 9.73 Å². The minimum Gasteiger partial charge on any atom is -0.459 e. The molecule has 0 spiro atoms. The molecule has 18 heavy (non-hydrogen) atoms. The maximum absolute atomic E-state index is 6.02. The smallest absolute Gasteiger partial charge is 0.134 e. The van der Waals surface area contributed by atoms with Gasteiger partial charge in [-0.15, -0.1) is 0 Å². The van der Waals surface area contributed by atoms with Gasteiger partial charge in [-0.1, -0.05) is 11.6 Å². The lowest BCUT2D eigenvalue weighted by molar-refractivity contribution is 0.357. The number of hydrogen-bond donors (Lipinski definition) is 1. The Kier molecular flexibility index (Phi) is 3.35. The van der Waals surface area contributed by atoms with Crippen LogP contribution in [-0.2, 0) is 0 Å². The van der Waals surface area contributed by atoms with Crippen LogP contribution < -0.4 is 5.32 Å². The highest BCUT2D eigenvalue weighted by atomic mass is 32.2. The van der Waals surface area contributed by atoms with Crippen molar-refractivity contribution in [1.82, 2.24) is 5.32 Å². The lowest BCUT2D eigenvalue weighted by Gasteiger charge is -2.19. The fourth-order valence-electron chi connectivity index (χ4n) is 2.76. The van der Waals surface area contributed by atoms with E-state index in [2.05, 4.69) is 36.5 Å². The molecule has 1 aliphatic heterocycles.